The number of aryl methyl sites for hydroxylation is 4. The van der Waals surface area contributed by atoms with Crippen LogP contribution >= 0.6 is 60.7 Å². The van der Waals surface area contributed by atoms with Crippen molar-refractivity contribution < 1.29 is 9.13 Å². The second kappa shape index (κ2) is 17.0. The van der Waals surface area contributed by atoms with Crippen LogP contribution in [0.4, 0.5) is 0 Å². The predicted molar refractivity (Wildman–Crippen MR) is 215 cm³/mol. The van der Waals surface area contributed by atoms with Crippen molar-refractivity contribution in [3.05, 3.63) is 175 Å². The second-order valence-electron chi connectivity index (χ2n) is 13.3. The molecule has 0 amide bonds. The van der Waals surface area contributed by atoms with Gasteiger partial charge in [0.1, 0.15) is 14.3 Å². The van der Waals surface area contributed by atoms with E-state index in [-0.39, 0.29) is 5.78 Å². The molecule has 0 aliphatic carbocycles. The van der Waals surface area contributed by atoms with Gasteiger partial charge in [-0.25, -0.2) is 0 Å². The Kier molecular flexibility index (Phi) is 12.7. The molecule has 50 heavy (non-hydrogen) atoms. The molecule has 5 aromatic rings. The minimum absolute atomic E-state index is 0.318. The highest BCUT2D eigenvalue weighted by atomic mass is 35.5. The zero-order chi connectivity index (χ0) is 35.1. The molecule has 2 atom stereocenters. The summed E-state index contributed by atoms with van der Waals surface area (Å²) in [4.78, 5) is 0. The first kappa shape index (κ1) is 37.4. The SMILES string of the molecule is O=P(CCc1ccc(Cl)cc1)(CCc1ccc(Cl)cc1)C1Cc2ccccc2C(P(=O)(CCc2ccc(Cl)cc2)CCc2ccc(Cl)cc2)N1. The molecule has 0 aromatic heterocycles. The number of rotatable bonds is 14. The van der Waals surface area contributed by atoms with Crippen molar-refractivity contribution in [2.45, 2.75) is 43.7 Å². The molecule has 0 radical (unpaired) electrons. The first-order valence-electron chi connectivity index (χ1n) is 17.1. The van der Waals surface area contributed by atoms with Crippen LogP contribution in [0.3, 0.4) is 0 Å². The van der Waals surface area contributed by atoms with E-state index in [2.05, 4.69) is 17.4 Å². The highest BCUT2D eigenvalue weighted by Crippen LogP contribution is 2.63. The Hall–Kier alpha value is -2.32. The average Bonchev–Trinajstić information content (AvgIpc) is 3.13. The molecule has 1 aliphatic heterocycles. The van der Waals surface area contributed by atoms with Crippen LogP contribution in [-0.2, 0) is 41.2 Å². The molecule has 6 rings (SSSR count). The number of fused-ring (bicyclic) bond motifs is 1. The predicted octanol–water partition coefficient (Wildman–Crippen LogP) is 12.5. The monoisotopic (exact) mass is 781 g/mol. The third-order valence-electron chi connectivity index (χ3n) is 9.92. The van der Waals surface area contributed by atoms with Gasteiger partial charge in [-0.3, -0.25) is 5.32 Å². The summed E-state index contributed by atoms with van der Waals surface area (Å²) in [6.07, 6.45) is 5.38. The third kappa shape index (κ3) is 9.76. The average molecular weight is 784 g/mol. The first-order valence-corrected chi connectivity index (χ1v) is 22.9. The summed E-state index contributed by atoms with van der Waals surface area (Å²) in [6.45, 7) is 0. The molecule has 9 heteroatoms. The Morgan fingerprint density at radius 2 is 0.820 bits per heavy atom. The Morgan fingerprint density at radius 3 is 1.20 bits per heavy atom. The second-order valence-corrected chi connectivity index (χ2v) is 21.8. The first-order chi connectivity index (χ1) is 24.1. The van der Waals surface area contributed by atoms with Gasteiger partial charge in [-0.05, 0) is 114 Å². The van der Waals surface area contributed by atoms with Crippen LogP contribution in [0.1, 0.15) is 39.2 Å². The lowest BCUT2D eigenvalue weighted by molar-refractivity contribution is 0.494. The van der Waals surface area contributed by atoms with Crippen LogP contribution in [0.2, 0.25) is 20.1 Å². The lowest BCUT2D eigenvalue weighted by Crippen LogP contribution is -2.41. The van der Waals surface area contributed by atoms with E-state index >= 15 is 9.13 Å². The van der Waals surface area contributed by atoms with Gasteiger partial charge in [0, 0.05) is 44.7 Å². The molecular formula is C41H41Cl4NO2P2. The third-order valence-corrected chi connectivity index (χ3v) is 17.7. The largest absolute Gasteiger partial charge is 0.322 e. The Morgan fingerprint density at radius 1 is 0.480 bits per heavy atom. The fraction of sp³-hybridized carbons (Fsp3) is 0.268. The van der Waals surface area contributed by atoms with Crippen LogP contribution in [0, 0.1) is 0 Å². The minimum Gasteiger partial charge on any atom is -0.322 e. The Bertz CT molecular complexity index is 1860. The summed E-state index contributed by atoms with van der Waals surface area (Å²) in [5, 5.41) is 6.58. The van der Waals surface area contributed by atoms with Gasteiger partial charge in [0.25, 0.3) is 0 Å². The molecule has 5 aromatic carbocycles. The Labute approximate surface area is 316 Å². The summed E-state index contributed by atoms with van der Waals surface area (Å²) in [5.41, 5.74) is 6.58. The van der Waals surface area contributed by atoms with Gasteiger partial charge in [-0.2, -0.15) is 0 Å². The zero-order valence-corrected chi connectivity index (χ0v) is 32.6. The molecule has 1 N–H and O–H groups in total. The smallest absolute Gasteiger partial charge is 0.109 e. The maximum atomic E-state index is 15.7. The number of halogens is 4. The summed E-state index contributed by atoms with van der Waals surface area (Å²) >= 11 is 24.8. The molecule has 1 aliphatic rings. The van der Waals surface area contributed by atoms with E-state index in [1.54, 1.807) is 0 Å². The number of hydrogen-bond acceptors (Lipinski definition) is 3. The normalized spacial score (nSPS) is 16.2. The molecule has 0 bridgehead atoms. The van der Waals surface area contributed by atoms with Crippen molar-refractivity contribution in [3.63, 3.8) is 0 Å². The van der Waals surface area contributed by atoms with E-state index < -0.39 is 20.1 Å². The lowest BCUT2D eigenvalue weighted by Gasteiger charge is -2.41. The van der Waals surface area contributed by atoms with E-state index in [1.807, 2.05) is 109 Å². The quantitative estimate of drug-likeness (QED) is 0.114. The maximum absolute atomic E-state index is 15.7. The summed E-state index contributed by atoms with van der Waals surface area (Å²) < 4.78 is 31.2. The summed E-state index contributed by atoms with van der Waals surface area (Å²) in [5.74, 6) is -0.738. The molecule has 1 heterocycles. The summed E-state index contributed by atoms with van der Waals surface area (Å²) in [7, 11) is -5.89. The fourth-order valence-corrected chi connectivity index (χ4v) is 13.8. The van der Waals surface area contributed by atoms with E-state index in [9.17, 15) is 0 Å². The Balaban J connectivity index is 1.34. The van der Waals surface area contributed by atoms with Crippen molar-refractivity contribution in [2.75, 3.05) is 24.6 Å². The van der Waals surface area contributed by atoms with Crippen molar-refractivity contribution >= 4 is 60.7 Å². The minimum atomic E-state index is -2.98. The van der Waals surface area contributed by atoms with Crippen LogP contribution in [-0.4, -0.2) is 30.4 Å². The van der Waals surface area contributed by atoms with Gasteiger partial charge in [-0.15, -0.1) is 0 Å². The van der Waals surface area contributed by atoms with Gasteiger partial charge in [0.05, 0.1) is 11.6 Å². The van der Waals surface area contributed by atoms with Crippen LogP contribution in [0.25, 0.3) is 0 Å². The topological polar surface area (TPSA) is 46.2 Å². The standard InChI is InChI=1S/C41H41Cl4NO2P2/c42-35-13-5-30(6-14-35)21-25-49(47,26-22-31-7-15-36(43)16-8-31)40-29-34-3-1-2-4-39(34)41(46-40)50(48,27-23-32-9-17-37(44)18-10-32)28-24-33-11-19-38(45)20-12-33/h1-20,40-41,46H,21-29H2. The van der Waals surface area contributed by atoms with E-state index in [1.165, 1.54) is 0 Å². The van der Waals surface area contributed by atoms with Crippen LogP contribution in [0.15, 0.2) is 121 Å². The van der Waals surface area contributed by atoms with Crippen LogP contribution < -0.4 is 5.32 Å². The van der Waals surface area contributed by atoms with Crippen molar-refractivity contribution in [2.24, 2.45) is 0 Å². The van der Waals surface area contributed by atoms with E-state index in [0.717, 1.165) is 33.4 Å². The highest BCUT2D eigenvalue weighted by Gasteiger charge is 2.44. The van der Waals surface area contributed by atoms with Crippen molar-refractivity contribution in [1.29, 1.82) is 0 Å². The van der Waals surface area contributed by atoms with Gasteiger partial charge in [0.15, 0.2) is 0 Å². The number of benzene rings is 5. The molecular weight excluding hydrogens is 742 g/mol. The highest BCUT2D eigenvalue weighted by molar-refractivity contribution is 7.65. The number of nitrogens with one attached hydrogen (secondary N) is 1. The lowest BCUT2D eigenvalue weighted by atomic mass is 10.0. The molecule has 260 valence electrons. The molecule has 0 spiro atoms. The van der Waals surface area contributed by atoms with Gasteiger partial charge in [0.2, 0.25) is 0 Å². The van der Waals surface area contributed by atoms with Gasteiger partial charge >= 0.3 is 0 Å². The van der Waals surface area contributed by atoms with Crippen molar-refractivity contribution in [1.82, 2.24) is 5.32 Å². The molecule has 2 unspecified atom stereocenters. The van der Waals surface area contributed by atoms with E-state index in [0.29, 0.717) is 76.8 Å². The molecule has 0 saturated carbocycles. The van der Waals surface area contributed by atoms with Crippen molar-refractivity contribution in [3.8, 4) is 0 Å². The van der Waals surface area contributed by atoms with Gasteiger partial charge in [-0.1, -0.05) is 119 Å². The van der Waals surface area contributed by atoms with E-state index in [4.69, 9.17) is 46.4 Å². The molecule has 0 saturated heterocycles. The zero-order valence-electron chi connectivity index (χ0n) is 27.8. The molecule has 3 nitrogen and oxygen atoms in total. The molecule has 0 fully saturated rings. The fourth-order valence-electron chi connectivity index (χ4n) is 6.89. The summed E-state index contributed by atoms with van der Waals surface area (Å²) in [6, 6.07) is 39.5. The maximum Gasteiger partial charge on any atom is 0.109 e. The number of hydrogen-bond donors (Lipinski definition) is 1. The van der Waals surface area contributed by atoms with Gasteiger partial charge < -0.3 is 9.13 Å². The van der Waals surface area contributed by atoms with Crippen LogP contribution in [0.5, 0.6) is 0 Å².